The second-order valence-corrected chi connectivity index (χ2v) is 7.32. The summed E-state index contributed by atoms with van der Waals surface area (Å²) < 4.78 is 18.9. The number of hydrogen-bond donors (Lipinski definition) is 2. The van der Waals surface area contributed by atoms with Crippen molar-refractivity contribution in [1.29, 1.82) is 0 Å². The Labute approximate surface area is 197 Å². The van der Waals surface area contributed by atoms with Crippen LogP contribution in [0.15, 0.2) is 72.0 Å². The number of benzene rings is 2. The number of carboxylic acid groups (broad SMARTS) is 1. The van der Waals surface area contributed by atoms with Gasteiger partial charge in [0.1, 0.15) is 23.9 Å². The normalized spacial score (nSPS) is 11.2. The van der Waals surface area contributed by atoms with Crippen molar-refractivity contribution in [3.63, 3.8) is 0 Å². The number of nitrogens with zero attached hydrogens (tertiary/aromatic N) is 3. The largest absolute Gasteiger partial charge is 0.492 e. The summed E-state index contributed by atoms with van der Waals surface area (Å²) in [5.41, 5.74) is 2.47. The average Bonchev–Trinajstić information content (AvgIpc) is 2.79. The molecule has 0 radical (unpaired) electrons. The maximum atomic E-state index is 13.0. The number of carbonyl (C=O) groups is 1. The first-order valence-electron chi connectivity index (χ1n) is 10.00. The fourth-order valence-corrected chi connectivity index (χ4v) is 3.14. The number of ether oxygens (including phenoxy) is 1. The summed E-state index contributed by atoms with van der Waals surface area (Å²) in [6, 6.07) is 16.5. The topological polar surface area (TPSA) is 95.2 Å². The fourth-order valence-electron chi connectivity index (χ4n) is 3.14. The summed E-state index contributed by atoms with van der Waals surface area (Å²) >= 11 is 0. The van der Waals surface area contributed by atoms with Gasteiger partial charge < -0.3 is 15.1 Å². The lowest BCUT2D eigenvalue weighted by molar-refractivity contribution is 0.0696. The Hall–Kier alpha value is -3.49. The molecular weight excluding hydrogens is 449 g/mol. The van der Waals surface area contributed by atoms with Crippen LogP contribution in [0.3, 0.4) is 0 Å². The highest BCUT2D eigenvalue weighted by molar-refractivity contribution is 6.01. The zero-order valence-corrected chi connectivity index (χ0v) is 18.8. The zero-order valence-electron chi connectivity index (χ0n) is 18.0. The van der Waals surface area contributed by atoms with E-state index >= 15 is 0 Å². The lowest BCUT2D eigenvalue weighted by Gasteiger charge is -2.17. The van der Waals surface area contributed by atoms with Gasteiger partial charge in [0.25, 0.3) is 0 Å². The maximum absolute atomic E-state index is 13.0. The first-order valence-corrected chi connectivity index (χ1v) is 10.00. The molecule has 0 atom stereocenters. The van der Waals surface area contributed by atoms with E-state index in [4.69, 9.17) is 9.84 Å². The molecule has 0 aliphatic carbocycles. The summed E-state index contributed by atoms with van der Waals surface area (Å²) in [6.07, 6.45) is 1.63. The van der Waals surface area contributed by atoms with Gasteiger partial charge in [-0.25, -0.2) is 9.18 Å². The quantitative estimate of drug-likeness (QED) is 0.259. The molecule has 0 aliphatic heterocycles. The molecule has 2 N–H and O–H groups in total. The highest BCUT2D eigenvalue weighted by Gasteiger charge is 2.12. The number of oxime groups is 1. The van der Waals surface area contributed by atoms with E-state index in [1.54, 1.807) is 12.1 Å². The fraction of sp³-hybridized carbons (Fsp3) is 0.208. The van der Waals surface area contributed by atoms with Crippen molar-refractivity contribution in [3.8, 4) is 5.75 Å². The van der Waals surface area contributed by atoms with Gasteiger partial charge in [0.2, 0.25) is 0 Å². The molecule has 33 heavy (non-hydrogen) atoms. The molecule has 0 fully saturated rings. The van der Waals surface area contributed by atoms with Crippen molar-refractivity contribution in [2.75, 3.05) is 20.2 Å². The standard InChI is InChI=1S/C24H24FN3O4.ClH/c1-28(16-17-5-7-20(25)8-6-17)11-12-32-21-4-2-3-18(13-21)14-23(27-31)22-15-19(24(29)30)9-10-26-22;/h2-10,13,15,31H,11-12,14,16H2,1H3,(H,29,30);1H/b27-23+;. The number of rotatable bonds is 10. The molecule has 0 bridgehead atoms. The van der Waals surface area contributed by atoms with E-state index < -0.39 is 5.97 Å². The molecule has 0 amide bonds. The number of aromatic nitrogens is 1. The molecule has 0 unspecified atom stereocenters. The van der Waals surface area contributed by atoms with Gasteiger partial charge >= 0.3 is 5.97 Å². The van der Waals surface area contributed by atoms with E-state index in [9.17, 15) is 14.4 Å². The Kier molecular flexibility index (Phi) is 9.78. The van der Waals surface area contributed by atoms with Crippen LogP contribution in [0.4, 0.5) is 4.39 Å². The van der Waals surface area contributed by atoms with E-state index in [0.717, 1.165) is 11.1 Å². The molecule has 0 spiro atoms. The van der Waals surface area contributed by atoms with Crippen molar-refractivity contribution < 1.29 is 24.2 Å². The smallest absolute Gasteiger partial charge is 0.335 e. The molecular formula is C24H25ClFN3O4. The van der Waals surface area contributed by atoms with Gasteiger partial charge in [-0.15, -0.1) is 12.4 Å². The van der Waals surface area contributed by atoms with Crippen LogP contribution in [0.1, 0.15) is 27.2 Å². The lowest BCUT2D eigenvalue weighted by atomic mass is 10.0. The van der Waals surface area contributed by atoms with Crippen molar-refractivity contribution in [2.45, 2.75) is 13.0 Å². The summed E-state index contributed by atoms with van der Waals surface area (Å²) in [5.74, 6) is -0.660. The van der Waals surface area contributed by atoms with Crippen LogP contribution >= 0.6 is 12.4 Å². The van der Waals surface area contributed by atoms with Crippen LogP contribution in [-0.2, 0) is 13.0 Å². The van der Waals surface area contributed by atoms with Crippen LogP contribution in [0.2, 0.25) is 0 Å². The minimum Gasteiger partial charge on any atom is -0.492 e. The van der Waals surface area contributed by atoms with Crippen LogP contribution in [0.5, 0.6) is 5.75 Å². The second kappa shape index (κ2) is 12.5. The second-order valence-electron chi connectivity index (χ2n) is 7.32. The first kappa shape index (κ1) is 25.8. The van der Waals surface area contributed by atoms with Crippen molar-refractivity contribution in [3.05, 3.63) is 95.1 Å². The highest BCUT2D eigenvalue weighted by Crippen LogP contribution is 2.16. The summed E-state index contributed by atoms with van der Waals surface area (Å²) in [5, 5.41) is 21.9. The van der Waals surface area contributed by atoms with Crippen LogP contribution in [-0.4, -0.2) is 52.1 Å². The molecule has 3 rings (SSSR count). The van der Waals surface area contributed by atoms with Crippen LogP contribution in [0, 0.1) is 5.82 Å². The average molecular weight is 474 g/mol. The molecule has 7 nitrogen and oxygen atoms in total. The van der Waals surface area contributed by atoms with Gasteiger partial charge in [-0.2, -0.15) is 0 Å². The van der Waals surface area contributed by atoms with Gasteiger partial charge in [-0.3, -0.25) is 9.88 Å². The summed E-state index contributed by atoms with van der Waals surface area (Å²) in [6.45, 7) is 1.82. The Bertz CT molecular complexity index is 1090. The highest BCUT2D eigenvalue weighted by atomic mass is 35.5. The third-order valence-corrected chi connectivity index (χ3v) is 4.80. The van der Waals surface area contributed by atoms with E-state index in [2.05, 4.69) is 15.0 Å². The molecule has 1 aromatic heterocycles. The first-order chi connectivity index (χ1) is 15.4. The van der Waals surface area contributed by atoms with Gasteiger partial charge in [-0.1, -0.05) is 29.4 Å². The predicted molar refractivity (Wildman–Crippen MR) is 125 cm³/mol. The molecule has 1 heterocycles. The number of hydrogen-bond acceptors (Lipinski definition) is 6. The molecule has 3 aromatic rings. The molecule has 9 heteroatoms. The van der Waals surface area contributed by atoms with Crippen LogP contribution in [0.25, 0.3) is 0 Å². The van der Waals surface area contributed by atoms with Gasteiger partial charge in [0, 0.05) is 25.7 Å². The minimum atomic E-state index is -1.08. The molecule has 0 aliphatic rings. The third kappa shape index (κ3) is 7.85. The Balaban J connectivity index is 0.00000385. The number of halogens is 2. The summed E-state index contributed by atoms with van der Waals surface area (Å²) in [4.78, 5) is 17.4. The lowest BCUT2D eigenvalue weighted by Crippen LogP contribution is -2.23. The van der Waals surface area contributed by atoms with Gasteiger partial charge in [0.05, 0.1) is 11.3 Å². The number of aromatic carboxylic acids is 1. The molecule has 0 saturated carbocycles. The molecule has 0 saturated heterocycles. The van der Waals surface area contributed by atoms with Crippen molar-refractivity contribution in [2.24, 2.45) is 5.16 Å². The molecule has 2 aromatic carbocycles. The monoisotopic (exact) mass is 473 g/mol. The van der Waals surface area contributed by atoms with Gasteiger partial charge in [0.15, 0.2) is 0 Å². The van der Waals surface area contributed by atoms with Crippen LogP contribution < -0.4 is 4.74 Å². The van der Waals surface area contributed by atoms with E-state index in [-0.39, 0.29) is 35.9 Å². The van der Waals surface area contributed by atoms with Crippen molar-refractivity contribution >= 4 is 24.1 Å². The summed E-state index contributed by atoms with van der Waals surface area (Å²) in [7, 11) is 1.96. The maximum Gasteiger partial charge on any atom is 0.335 e. The number of pyridine rings is 1. The third-order valence-electron chi connectivity index (χ3n) is 4.80. The molecule has 174 valence electrons. The van der Waals surface area contributed by atoms with E-state index in [0.29, 0.717) is 31.1 Å². The number of carboxylic acids is 1. The Morgan fingerprint density at radius 2 is 1.88 bits per heavy atom. The van der Waals surface area contributed by atoms with E-state index in [1.165, 1.54) is 30.5 Å². The SMILES string of the molecule is CN(CCOc1cccc(C/C(=N\O)c2cc(C(=O)O)ccn2)c1)Cc1ccc(F)cc1.Cl. The minimum absolute atomic E-state index is 0. The van der Waals surface area contributed by atoms with E-state index in [1.807, 2.05) is 31.3 Å². The van der Waals surface area contributed by atoms with Gasteiger partial charge in [-0.05, 0) is 54.6 Å². The Morgan fingerprint density at radius 1 is 1.12 bits per heavy atom. The van der Waals surface area contributed by atoms with Crippen molar-refractivity contribution in [1.82, 2.24) is 9.88 Å². The Morgan fingerprint density at radius 3 is 2.58 bits per heavy atom. The predicted octanol–water partition coefficient (Wildman–Crippen LogP) is 4.27. The zero-order chi connectivity index (χ0) is 22.9. The number of likely N-dealkylation sites (N-methyl/N-ethyl adjacent to an activating group) is 1.